The van der Waals surface area contributed by atoms with Gasteiger partial charge in [-0.3, -0.25) is 4.90 Å². The van der Waals surface area contributed by atoms with Gasteiger partial charge in [-0.1, -0.05) is 23.7 Å². The van der Waals surface area contributed by atoms with Crippen LogP contribution in [0, 0.1) is 5.92 Å². The minimum Gasteiger partial charge on any atom is -0.316 e. The third-order valence-electron chi connectivity index (χ3n) is 4.71. The lowest BCUT2D eigenvalue weighted by atomic mass is 9.97. The summed E-state index contributed by atoms with van der Waals surface area (Å²) >= 11 is 6.15. The van der Waals surface area contributed by atoms with Crippen molar-refractivity contribution in [2.75, 3.05) is 19.6 Å². The normalized spacial score (nSPS) is 24.9. The van der Waals surface area contributed by atoms with Crippen LogP contribution in [0.2, 0.25) is 5.02 Å². The average Bonchev–Trinajstić information content (AvgIpc) is 3.30. The number of piperidine rings is 1. The standard InChI is InChI=1S/C17H25ClN2/c1-13(15-5-2-6-16(18)10-15)20(17-7-8-17)12-14-4-3-9-19-11-14/h2,5-6,10,13-14,17,19H,3-4,7-9,11-12H2,1H3. The number of rotatable bonds is 5. The fourth-order valence-electron chi connectivity index (χ4n) is 3.37. The van der Waals surface area contributed by atoms with E-state index in [1.165, 1.54) is 50.9 Å². The third kappa shape index (κ3) is 3.55. The molecule has 1 saturated heterocycles. The van der Waals surface area contributed by atoms with Crippen LogP contribution >= 0.6 is 11.6 Å². The van der Waals surface area contributed by atoms with E-state index in [9.17, 15) is 0 Å². The number of hydrogen-bond donors (Lipinski definition) is 1. The maximum atomic E-state index is 6.15. The van der Waals surface area contributed by atoms with Gasteiger partial charge in [-0.15, -0.1) is 0 Å². The predicted molar refractivity (Wildman–Crippen MR) is 85.2 cm³/mol. The second-order valence-electron chi connectivity index (χ2n) is 6.37. The summed E-state index contributed by atoms with van der Waals surface area (Å²) in [5.41, 5.74) is 1.35. The molecule has 0 spiro atoms. The molecule has 3 heteroatoms. The van der Waals surface area contributed by atoms with E-state index in [2.05, 4.69) is 35.3 Å². The summed E-state index contributed by atoms with van der Waals surface area (Å²) in [4.78, 5) is 2.71. The second-order valence-corrected chi connectivity index (χ2v) is 6.81. The first kappa shape index (κ1) is 14.4. The van der Waals surface area contributed by atoms with E-state index in [1.807, 2.05) is 6.07 Å². The first-order chi connectivity index (χ1) is 9.74. The molecule has 110 valence electrons. The molecule has 1 aliphatic heterocycles. The van der Waals surface area contributed by atoms with Crippen LogP contribution in [-0.4, -0.2) is 30.6 Å². The molecule has 1 saturated carbocycles. The van der Waals surface area contributed by atoms with Crippen LogP contribution < -0.4 is 5.32 Å². The van der Waals surface area contributed by atoms with Crippen molar-refractivity contribution in [3.05, 3.63) is 34.9 Å². The van der Waals surface area contributed by atoms with E-state index in [0.29, 0.717) is 6.04 Å². The quantitative estimate of drug-likeness (QED) is 0.886. The van der Waals surface area contributed by atoms with Gasteiger partial charge >= 0.3 is 0 Å². The number of nitrogens with zero attached hydrogens (tertiary/aromatic N) is 1. The summed E-state index contributed by atoms with van der Waals surface area (Å²) in [5.74, 6) is 0.811. The number of benzene rings is 1. The first-order valence-electron chi connectivity index (χ1n) is 7.96. The summed E-state index contributed by atoms with van der Waals surface area (Å²) < 4.78 is 0. The zero-order valence-corrected chi connectivity index (χ0v) is 13.1. The Balaban J connectivity index is 1.69. The molecule has 2 nitrogen and oxygen atoms in total. The average molecular weight is 293 g/mol. The zero-order valence-electron chi connectivity index (χ0n) is 12.3. The van der Waals surface area contributed by atoms with Crippen molar-refractivity contribution in [1.29, 1.82) is 0 Å². The smallest absolute Gasteiger partial charge is 0.0409 e. The first-order valence-corrected chi connectivity index (χ1v) is 8.34. The Morgan fingerprint density at radius 1 is 1.35 bits per heavy atom. The molecule has 2 aliphatic rings. The van der Waals surface area contributed by atoms with E-state index in [-0.39, 0.29) is 0 Å². The van der Waals surface area contributed by atoms with Gasteiger partial charge in [0.1, 0.15) is 0 Å². The van der Waals surface area contributed by atoms with Crippen LogP contribution in [0.3, 0.4) is 0 Å². The van der Waals surface area contributed by atoms with E-state index in [0.717, 1.165) is 17.0 Å². The van der Waals surface area contributed by atoms with Gasteiger partial charge in [0.05, 0.1) is 0 Å². The molecule has 0 bridgehead atoms. The minimum atomic E-state index is 0.475. The maximum absolute atomic E-state index is 6.15. The van der Waals surface area contributed by atoms with Crippen LogP contribution in [0.25, 0.3) is 0 Å². The second kappa shape index (κ2) is 6.46. The molecule has 1 heterocycles. The Hall–Kier alpha value is -0.570. The Labute approximate surface area is 127 Å². The molecule has 0 amide bonds. The van der Waals surface area contributed by atoms with Crippen molar-refractivity contribution in [1.82, 2.24) is 10.2 Å². The van der Waals surface area contributed by atoms with Crippen molar-refractivity contribution >= 4 is 11.6 Å². The Morgan fingerprint density at radius 3 is 2.85 bits per heavy atom. The third-order valence-corrected chi connectivity index (χ3v) is 4.95. The molecule has 20 heavy (non-hydrogen) atoms. The Morgan fingerprint density at radius 2 is 2.20 bits per heavy atom. The fraction of sp³-hybridized carbons (Fsp3) is 0.647. The Bertz CT molecular complexity index is 438. The highest BCUT2D eigenvalue weighted by atomic mass is 35.5. The fourth-order valence-corrected chi connectivity index (χ4v) is 3.56. The topological polar surface area (TPSA) is 15.3 Å². The lowest BCUT2D eigenvalue weighted by molar-refractivity contribution is 0.154. The van der Waals surface area contributed by atoms with Crippen LogP contribution in [0.4, 0.5) is 0 Å². The molecule has 1 N–H and O–H groups in total. The lowest BCUT2D eigenvalue weighted by Gasteiger charge is -2.34. The van der Waals surface area contributed by atoms with E-state index in [1.54, 1.807) is 0 Å². The van der Waals surface area contributed by atoms with Gasteiger partial charge in [-0.2, -0.15) is 0 Å². The van der Waals surface area contributed by atoms with E-state index >= 15 is 0 Å². The molecule has 2 atom stereocenters. The largest absolute Gasteiger partial charge is 0.316 e. The molecule has 2 unspecified atom stereocenters. The van der Waals surface area contributed by atoms with Gasteiger partial charge in [0.15, 0.2) is 0 Å². The van der Waals surface area contributed by atoms with Crippen molar-refractivity contribution in [2.45, 2.75) is 44.7 Å². The predicted octanol–water partition coefficient (Wildman–Crippen LogP) is 3.87. The van der Waals surface area contributed by atoms with Crippen LogP contribution in [0.1, 0.15) is 44.2 Å². The number of halogens is 1. The molecule has 1 aliphatic carbocycles. The van der Waals surface area contributed by atoms with Crippen LogP contribution in [-0.2, 0) is 0 Å². The van der Waals surface area contributed by atoms with Crippen molar-refractivity contribution < 1.29 is 0 Å². The van der Waals surface area contributed by atoms with Gasteiger partial charge in [-0.05, 0) is 69.3 Å². The molecule has 2 fully saturated rings. The summed E-state index contributed by atoms with van der Waals surface area (Å²) in [6, 6.07) is 9.64. The summed E-state index contributed by atoms with van der Waals surface area (Å²) in [5, 5.41) is 4.39. The lowest BCUT2D eigenvalue weighted by Crippen LogP contribution is -2.40. The van der Waals surface area contributed by atoms with Gasteiger partial charge in [0.2, 0.25) is 0 Å². The van der Waals surface area contributed by atoms with Crippen molar-refractivity contribution in [2.24, 2.45) is 5.92 Å². The molecular weight excluding hydrogens is 268 g/mol. The molecule has 1 aromatic rings. The Kier molecular flexibility index (Phi) is 4.65. The molecule has 0 radical (unpaired) electrons. The van der Waals surface area contributed by atoms with Crippen molar-refractivity contribution in [3.8, 4) is 0 Å². The number of nitrogens with one attached hydrogen (secondary N) is 1. The molecule has 1 aromatic carbocycles. The minimum absolute atomic E-state index is 0.475. The molecular formula is C17H25ClN2. The van der Waals surface area contributed by atoms with Crippen LogP contribution in [0.5, 0.6) is 0 Å². The van der Waals surface area contributed by atoms with Crippen molar-refractivity contribution in [3.63, 3.8) is 0 Å². The SMILES string of the molecule is CC(c1cccc(Cl)c1)N(CC1CCCNC1)C1CC1. The summed E-state index contributed by atoms with van der Waals surface area (Å²) in [6.07, 6.45) is 5.43. The monoisotopic (exact) mass is 292 g/mol. The highest BCUT2D eigenvalue weighted by Crippen LogP contribution is 2.36. The van der Waals surface area contributed by atoms with Gasteiger partial charge in [0.25, 0.3) is 0 Å². The van der Waals surface area contributed by atoms with E-state index in [4.69, 9.17) is 11.6 Å². The van der Waals surface area contributed by atoms with Gasteiger partial charge < -0.3 is 5.32 Å². The molecule has 3 rings (SSSR count). The zero-order chi connectivity index (χ0) is 13.9. The van der Waals surface area contributed by atoms with Gasteiger partial charge in [-0.25, -0.2) is 0 Å². The summed E-state index contributed by atoms with van der Waals surface area (Å²) in [6.45, 7) is 5.95. The highest BCUT2D eigenvalue weighted by Gasteiger charge is 2.34. The van der Waals surface area contributed by atoms with Gasteiger partial charge in [0, 0.05) is 23.7 Å². The number of hydrogen-bond acceptors (Lipinski definition) is 2. The highest BCUT2D eigenvalue weighted by molar-refractivity contribution is 6.30. The maximum Gasteiger partial charge on any atom is 0.0409 e. The molecule has 0 aromatic heterocycles. The van der Waals surface area contributed by atoms with E-state index < -0.39 is 0 Å². The summed E-state index contributed by atoms with van der Waals surface area (Å²) in [7, 11) is 0. The van der Waals surface area contributed by atoms with Crippen LogP contribution in [0.15, 0.2) is 24.3 Å².